The third-order valence-electron chi connectivity index (χ3n) is 2.48. The zero-order valence-electron chi connectivity index (χ0n) is 8.30. The van der Waals surface area contributed by atoms with Crippen molar-refractivity contribution in [1.29, 1.82) is 0 Å². The molecule has 1 aliphatic heterocycles. The van der Waals surface area contributed by atoms with Crippen molar-refractivity contribution >= 4 is 17.4 Å². The summed E-state index contributed by atoms with van der Waals surface area (Å²) >= 11 is 1.94. The van der Waals surface area contributed by atoms with Crippen molar-refractivity contribution in [3.8, 4) is 0 Å². The summed E-state index contributed by atoms with van der Waals surface area (Å²) in [6.45, 7) is 0.801. The molecule has 0 amide bonds. The van der Waals surface area contributed by atoms with Gasteiger partial charge in [0, 0.05) is 18.3 Å². The number of anilines is 1. The predicted octanol–water partition coefficient (Wildman–Crippen LogP) is 3.13. The average Bonchev–Trinajstić information content (AvgIpc) is 2.65. The molecule has 1 heterocycles. The van der Waals surface area contributed by atoms with E-state index in [0.717, 1.165) is 18.4 Å². The van der Waals surface area contributed by atoms with Crippen molar-refractivity contribution in [3.63, 3.8) is 0 Å². The number of rotatable bonds is 3. The molecule has 1 N–H and O–H groups in total. The van der Waals surface area contributed by atoms with Crippen LogP contribution in [0.5, 0.6) is 0 Å². The second-order valence-electron chi connectivity index (χ2n) is 3.77. The predicted molar refractivity (Wildman–Crippen MR) is 60.3 cm³/mol. The van der Waals surface area contributed by atoms with Crippen molar-refractivity contribution in [1.82, 2.24) is 0 Å². The molecule has 2 rings (SSSR count). The van der Waals surface area contributed by atoms with Crippen LogP contribution in [-0.2, 0) is 0 Å². The van der Waals surface area contributed by atoms with Crippen LogP contribution in [0.4, 0.5) is 14.5 Å². The van der Waals surface area contributed by atoms with E-state index in [0.29, 0.717) is 11.6 Å². The van der Waals surface area contributed by atoms with Crippen LogP contribution in [0.25, 0.3) is 0 Å². The molecule has 0 spiro atoms. The fourth-order valence-electron chi connectivity index (χ4n) is 1.66. The van der Waals surface area contributed by atoms with E-state index in [1.807, 2.05) is 11.8 Å². The number of thioether (sulfide) groups is 1. The lowest BCUT2D eigenvalue weighted by atomic mass is 10.1. The van der Waals surface area contributed by atoms with Gasteiger partial charge in [0.05, 0.1) is 0 Å². The molecule has 0 aromatic heterocycles. The van der Waals surface area contributed by atoms with Crippen LogP contribution in [0.3, 0.4) is 0 Å². The van der Waals surface area contributed by atoms with Gasteiger partial charge in [-0.1, -0.05) is 0 Å². The van der Waals surface area contributed by atoms with Gasteiger partial charge in [-0.15, -0.1) is 0 Å². The summed E-state index contributed by atoms with van der Waals surface area (Å²) in [5, 5.41) is 3.07. The third-order valence-corrected chi connectivity index (χ3v) is 3.71. The van der Waals surface area contributed by atoms with Crippen molar-refractivity contribution in [2.45, 2.75) is 6.42 Å². The first kappa shape index (κ1) is 10.7. The third kappa shape index (κ3) is 3.09. The quantitative estimate of drug-likeness (QED) is 0.854. The second kappa shape index (κ2) is 4.84. The first-order valence-electron chi connectivity index (χ1n) is 5.02. The van der Waals surface area contributed by atoms with Crippen molar-refractivity contribution in [2.75, 3.05) is 23.4 Å². The zero-order chi connectivity index (χ0) is 10.7. The van der Waals surface area contributed by atoms with E-state index in [-0.39, 0.29) is 0 Å². The lowest BCUT2D eigenvalue weighted by Gasteiger charge is -2.11. The van der Waals surface area contributed by atoms with Crippen molar-refractivity contribution < 1.29 is 8.78 Å². The van der Waals surface area contributed by atoms with E-state index in [9.17, 15) is 8.78 Å². The minimum Gasteiger partial charge on any atom is -0.385 e. The summed E-state index contributed by atoms with van der Waals surface area (Å²) in [4.78, 5) is 0. The minimum absolute atomic E-state index is 0.529. The fraction of sp³-hybridized carbons (Fsp3) is 0.455. The normalized spacial score (nSPS) is 20.5. The SMILES string of the molecule is Fc1cc(F)cc(NCC2CCSC2)c1. The Kier molecular flexibility index (Phi) is 3.46. The standard InChI is InChI=1S/C11H13F2NS/c12-9-3-10(13)5-11(4-9)14-6-8-1-2-15-7-8/h3-5,8,14H,1-2,6-7H2. The molecule has 1 atom stereocenters. The molecule has 1 aromatic carbocycles. The summed E-state index contributed by atoms with van der Waals surface area (Å²) in [6.07, 6.45) is 1.19. The summed E-state index contributed by atoms with van der Waals surface area (Å²) in [7, 11) is 0. The monoisotopic (exact) mass is 229 g/mol. The average molecular weight is 229 g/mol. The van der Waals surface area contributed by atoms with Gasteiger partial charge in [0.25, 0.3) is 0 Å². The first-order valence-corrected chi connectivity index (χ1v) is 6.17. The van der Waals surface area contributed by atoms with E-state index in [2.05, 4.69) is 5.32 Å². The maximum atomic E-state index is 12.8. The van der Waals surface area contributed by atoms with Gasteiger partial charge in [-0.3, -0.25) is 0 Å². The van der Waals surface area contributed by atoms with Gasteiger partial charge < -0.3 is 5.32 Å². The van der Waals surface area contributed by atoms with Gasteiger partial charge in [-0.2, -0.15) is 11.8 Å². The Morgan fingerprint density at radius 3 is 2.60 bits per heavy atom. The molecule has 15 heavy (non-hydrogen) atoms. The van der Waals surface area contributed by atoms with Crippen LogP contribution >= 0.6 is 11.8 Å². The highest BCUT2D eigenvalue weighted by molar-refractivity contribution is 7.99. The lowest BCUT2D eigenvalue weighted by Crippen LogP contribution is -2.13. The molecule has 1 saturated heterocycles. The number of halogens is 2. The molecule has 1 fully saturated rings. The molecule has 1 nitrogen and oxygen atoms in total. The van der Waals surface area contributed by atoms with E-state index >= 15 is 0 Å². The molecule has 82 valence electrons. The molecule has 1 unspecified atom stereocenters. The Labute approximate surface area is 92.3 Å². The number of nitrogens with one attached hydrogen (secondary N) is 1. The highest BCUT2D eigenvalue weighted by atomic mass is 32.2. The van der Waals surface area contributed by atoms with E-state index in [1.165, 1.54) is 24.3 Å². The Morgan fingerprint density at radius 2 is 2.00 bits per heavy atom. The second-order valence-corrected chi connectivity index (χ2v) is 4.92. The Morgan fingerprint density at radius 1 is 1.27 bits per heavy atom. The number of benzene rings is 1. The van der Waals surface area contributed by atoms with Crippen LogP contribution in [0, 0.1) is 17.6 Å². The Hall–Kier alpha value is -0.770. The maximum Gasteiger partial charge on any atom is 0.128 e. The topological polar surface area (TPSA) is 12.0 Å². The van der Waals surface area contributed by atoms with Crippen molar-refractivity contribution in [3.05, 3.63) is 29.8 Å². The summed E-state index contributed by atoms with van der Waals surface area (Å²) < 4.78 is 25.7. The van der Waals surface area contributed by atoms with E-state index < -0.39 is 11.6 Å². The first-order chi connectivity index (χ1) is 7.24. The molecule has 0 saturated carbocycles. The largest absolute Gasteiger partial charge is 0.385 e. The lowest BCUT2D eigenvalue weighted by molar-refractivity contribution is 0.582. The van der Waals surface area contributed by atoms with Crippen LogP contribution in [0.1, 0.15) is 6.42 Å². The minimum atomic E-state index is -0.529. The van der Waals surface area contributed by atoms with E-state index in [1.54, 1.807) is 0 Å². The highest BCUT2D eigenvalue weighted by Crippen LogP contribution is 2.24. The van der Waals surface area contributed by atoms with Gasteiger partial charge in [0.2, 0.25) is 0 Å². The molecular formula is C11H13F2NS. The van der Waals surface area contributed by atoms with Gasteiger partial charge in [-0.05, 0) is 36.0 Å². The molecule has 0 aliphatic carbocycles. The molecule has 0 bridgehead atoms. The fourth-order valence-corrected chi connectivity index (χ4v) is 2.95. The number of hydrogen-bond acceptors (Lipinski definition) is 2. The summed E-state index contributed by atoms with van der Waals surface area (Å²) in [5.74, 6) is 1.91. The molecule has 1 aromatic rings. The zero-order valence-corrected chi connectivity index (χ0v) is 9.12. The van der Waals surface area contributed by atoms with Gasteiger partial charge in [0.15, 0.2) is 0 Å². The Bertz CT molecular complexity index is 317. The summed E-state index contributed by atoms with van der Waals surface area (Å²) in [5.41, 5.74) is 0.532. The van der Waals surface area contributed by atoms with Crippen LogP contribution in [-0.4, -0.2) is 18.1 Å². The maximum absolute atomic E-state index is 12.8. The number of hydrogen-bond donors (Lipinski definition) is 1. The molecule has 4 heteroatoms. The van der Waals surface area contributed by atoms with Gasteiger partial charge in [0.1, 0.15) is 11.6 Å². The molecular weight excluding hydrogens is 216 g/mol. The van der Waals surface area contributed by atoms with Crippen molar-refractivity contribution in [2.24, 2.45) is 5.92 Å². The van der Waals surface area contributed by atoms with Gasteiger partial charge in [-0.25, -0.2) is 8.78 Å². The van der Waals surface area contributed by atoms with Gasteiger partial charge >= 0.3 is 0 Å². The smallest absolute Gasteiger partial charge is 0.128 e. The van der Waals surface area contributed by atoms with Crippen LogP contribution < -0.4 is 5.32 Å². The van der Waals surface area contributed by atoms with Crippen LogP contribution in [0.2, 0.25) is 0 Å². The van der Waals surface area contributed by atoms with Crippen LogP contribution in [0.15, 0.2) is 18.2 Å². The molecule has 0 radical (unpaired) electrons. The van der Waals surface area contributed by atoms with E-state index in [4.69, 9.17) is 0 Å². The summed E-state index contributed by atoms with van der Waals surface area (Å²) in [6, 6.07) is 3.53. The Balaban J connectivity index is 1.92. The highest BCUT2D eigenvalue weighted by Gasteiger charge is 2.14. The molecule has 1 aliphatic rings.